The Morgan fingerprint density at radius 1 is 1.10 bits per heavy atom. The number of alkyl halides is 2. The van der Waals surface area contributed by atoms with Gasteiger partial charge in [-0.2, -0.15) is 8.78 Å². The van der Waals surface area contributed by atoms with Gasteiger partial charge in [-0.3, -0.25) is 9.36 Å². The highest BCUT2D eigenvalue weighted by Gasteiger charge is 2.24. The van der Waals surface area contributed by atoms with Crippen LogP contribution in [0.4, 0.5) is 8.78 Å². The topological polar surface area (TPSA) is 62.6 Å². The summed E-state index contributed by atoms with van der Waals surface area (Å²) in [5, 5.41) is 0. The van der Waals surface area contributed by atoms with Crippen molar-refractivity contribution >= 4 is 17.0 Å². The fourth-order valence-corrected chi connectivity index (χ4v) is 3.15. The van der Waals surface area contributed by atoms with Crippen LogP contribution in [-0.2, 0) is 16.0 Å². The summed E-state index contributed by atoms with van der Waals surface area (Å²) >= 11 is 0. The predicted octanol–water partition coefficient (Wildman–Crippen LogP) is 4.69. The normalized spacial score (nSPS) is 12.2. The van der Waals surface area contributed by atoms with Gasteiger partial charge < -0.3 is 14.2 Å². The van der Waals surface area contributed by atoms with Crippen LogP contribution in [0.25, 0.3) is 11.0 Å². The Balaban J connectivity index is 1.68. The fraction of sp³-hybridized carbons (Fsp3) is 0.333. The Labute approximate surface area is 167 Å². The fourth-order valence-electron chi connectivity index (χ4n) is 3.15. The number of imidazole rings is 1. The molecule has 0 amide bonds. The van der Waals surface area contributed by atoms with Crippen LogP contribution >= 0.6 is 0 Å². The summed E-state index contributed by atoms with van der Waals surface area (Å²) < 4.78 is 43.7. The molecular weight excluding hydrogens is 382 g/mol. The van der Waals surface area contributed by atoms with Gasteiger partial charge in [-0.1, -0.05) is 18.2 Å². The first-order chi connectivity index (χ1) is 13.9. The molecular formula is C21H22F2N2O4. The molecule has 0 saturated heterocycles. The van der Waals surface area contributed by atoms with Crippen LogP contribution in [0.3, 0.4) is 0 Å². The standard InChI is InChI=1S/C21H22F2N2O4/c1-13(20-24-15-6-4-5-7-16(15)25(20)21(22)23)29-19(26)11-9-14-8-10-17(27-2)18(12-14)28-3/h4-8,10,12-13,21H,9,11H2,1-3H3. The van der Waals surface area contributed by atoms with Gasteiger partial charge in [0.1, 0.15) is 0 Å². The first kappa shape index (κ1) is 20.6. The zero-order chi connectivity index (χ0) is 21.0. The minimum Gasteiger partial charge on any atom is -0.493 e. The lowest BCUT2D eigenvalue weighted by atomic mass is 10.1. The van der Waals surface area contributed by atoms with Crippen molar-refractivity contribution in [3.8, 4) is 11.5 Å². The Kier molecular flexibility index (Phi) is 6.31. The molecule has 6 nitrogen and oxygen atoms in total. The van der Waals surface area contributed by atoms with Gasteiger partial charge in [0.05, 0.1) is 25.3 Å². The Morgan fingerprint density at radius 2 is 1.83 bits per heavy atom. The van der Waals surface area contributed by atoms with E-state index in [1.807, 2.05) is 6.07 Å². The molecule has 1 aromatic heterocycles. The molecule has 0 N–H and O–H groups in total. The first-order valence-electron chi connectivity index (χ1n) is 9.10. The number of aromatic nitrogens is 2. The summed E-state index contributed by atoms with van der Waals surface area (Å²) in [6.45, 7) is -1.25. The SMILES string of the molecule is COc1ccc(CCC(=O)OC(C)c2nc3ccccc3n2C(F)F)cc1OC. The molecule has 0 bridgehead atoms. The lowest BCUT2D eigenvalue weighted by Gasteiger charge is -2.15. The number of methoxy groups -OCH3 is 2. The number of nitrogens with zero attached hydrogens (tertiary/aromatic N) is 2. The average Bonchev–Trinajstić information content (AvgIpc) is 3.12. The van der Waals surface area contributed by atoms with Gasteiger partial charge in [0.2, 0.25) is 0 Å². The lowest BCUT2D eigenvalue weighted by Crippen LogP contribution is -2.15. The summed E-state index contributed by atoms with van der Waals surface area (Å²) in [4.78, 5) is 16.5. The van der Waals surface area contributed by atoms with Crippen LogP contribution in [-0.4, -0.2) is 29.7 Å². The van der Waals surface area contributed by atoms with Crippen LogP contribution in [0.5, 0.6) is 11.5 Å². The quantitative estimate of drug-likeness (QED) is 0.510. The van der Waals surface area contributed by atoms with E-state index in [1.54, 1.807) is 43.5 Å². The lowest BCUT2D eigenvalue weighted by molar-refractivity contribution is -0.149. The molecule has 0 aliphatic rings. The van der Waals surface area contributed by atoms with Crippen molar-refractivity contribution in [2.75, 3.05) is 14.2 Å². The van der Waals surface area contributed by atoms with Crippen molar-refractivity contribution in [1.29, 1.82) is 0 Å². The molecule has 3 aromatic rings. The van der Waals surface area contributed by atoms with E-state index in [9.17, 15) is 13.6 Å². The molecule has 29 heavy (non-hydrogen) atoms. The molecule has 154 valence electrons. The third kappa shape index (κ3) is 4.47. The van der Waals surface area contributed by atoms with E-state index in [0.717, 1.165) is 10.1 Å². The van der Waals surface area contributed by atoms with Gasteiger partial charge in [0, 0.05) is 6.42 Å². The Morgan fingerprint density at radius 3 is 2.52 bits per heavy atom. The number of benzene rings is 2. The molecule has 1 heterocycles. The molecule has 1 unspecified atom stereocenters. The second-order valence-corrected chi connectivity index (χ2v) is 6.43. The molecule has 0 aliphatic carbocycles. The van der Waals surface area contributed by atoms with Crippen molar-refractivity contribution in [3.05, 3.63) is 53.9 Å². The number of halogens is 2. The summed E-state index contributed by atoms with van der Waals surface area (Å²) in [6, 6.07) is 11.9. The molecule has 0 saturated carbocycles. The van der Waals surface area contributed by atoms with Crippen LogP contribution in [0.1, 0.15) is 37.4 Å². The molecule has 0 aliphatic heterocycles. The van der Waals surface area contributed by atoms with Crippen LogP contribution in [0.2, 0.25) is 0 Å². The van der Waals surface area contributed by atoms with Crippen molar-refractivity contribution in [2.24, 2.45) is 0 Å². The Bertz CT molecular complexity index is 1000. The maximum Gasteiger partial charge on any atom is 0.320 e. The number of ether oxygens (including phenoxy) is 3. The van der Waals surface area contributed by atoms with Gasteiger partial charge in [0.25, 0.3) is 0 Å². The van der Waals surface area contributed by atoms with Gasteiger partial charge in [0.15, 0.2) is 23.4 Å². The van der Waals surface area contributed by atoms with E-state index < -0.39 is 18.6 Å². The average molecular weight is 404 g/mol. The second-order valence-electron chi connectivity index (χ2n) is 6.43. The zero-order valence-corrected chi connectivity index (χ0v) is 16.4. The molecule has 0 fully saturated rings. The molecule has 1 atom stereocenters. The third-order valence-electron chi connectivity index (χ3n) is 4.56. The number of aryl methyl sites for hydroxylation is 1. The first-order valence-corrected chi connectivity index (χ1v) is 9.10. The number of esters is 1. The maximum atomic E-state index is 13.6. The van der Waals surface area contributed by atoms with E-state index in [-0.39, 0.29) is 12.2 Å². The molecule has 0 spiro atoms. The number of para-hydroxylation sites is 2. The largest absolute Gasteiger partial charge is 0.493 e. The van der Waals surface area contributed by atoms with E-state index in [2.05, 4.69) is 4.98 Å². The highest BCUT2D eigenvalue weighted by Crippen LogP contribution is 2.29. The number of fused-ring (bicyclic) bond motifs is 1. The summed E-state index contributed by atoms with van der Waals surface area (Å²) in [6.07, 6.45) is -0.402. The van der Waals surface area contributed by atoms with Gasteiger partial charge in [-0.15, -0.1) is 0 Å². The van der Waals surface area contributed by atoms with Crippen molar-refractivity contribution in [2.45, 2.75) is 32.4 Å². The van der Waals surface area contributed by atoms with E-state index in [1.165, 1.54) is 14.0 Å². The molecule has 2 aromatic carbocycles. The van der Waals surface area contributed by atoms with Gasteiger partial charge >= 0.3 is 12.5 Å². The van der Waals surface area contributed by atoms with E-state index in [0.29, 0.717) is 29.0 Å². The highest BCUT2D eigenvalue weighted by atomic mass is 19.3. The second kappa shape index (κ2) is 8.89. The van der Waals surface area contributed by atoms with Crippen molar-refractivity contribution in [1.82, 2.24) is 9.55 Å². The maximum absolute atomic E-state index is 13.6. The van der Waals surface area contributed by atoms with Crippen LogP contribution in [0.15, 0.2) is 42.5 Å². The summed E-state index contributed by atoms with van der Waals surface area (Å²) in [5.41, 5.74) is 1.59. The van der Waals surface area contributed by atoms with Crippen molar-refractivity contribution in [3.63, 3.8) is 0 Å². The van der Waals surface area contributed by atoms with Gasteiger partial charge in [-0.05, 0) is 43.2 Å². The van der Waals surface area contributed by atoms with Crippen LogP contribution in [0, 0.1) is 0 Å². The molecule has 3 rings (SSSR count). The highest BCUT2D eigenvalue weighted by molar-refractivity contribution is 5.76. The number of carbonyl (C=O) groups is 1. The summed E-state index contributed by atoms with van der Waals surface area (Å²) in [5.74, 6) is 0.677. The van der Waals surface area contributed by atoms with E-state index >= 15 is 0 Å². The van der Waals surface area contributed by atoms with Crippen LogP contribution < -0.4 is 9.47 Å². The predicted molar refractivity (Wildman–Crippen MR) is 103 cm³/mol. The van der Waals surface area contributed by atoms with E-state index in [4.69, 9.17) is 14.2 Å². The minimum atomic E-state index is -2.79. The molecule has 8 heteroatoms. The zero-order valence-electron chi connectivity index (χ0n) is 16.4. The van der Waals surface area contributed by atoms with Crippen molar-refractivity contribution < 1.29 is 27.8 Å². The number of carbonyl (C=O) groups excluding carboxylic acids is 1. The summed E-state index contributed by atoms with van der Waals surface area (Å²) in [7, 11) is 3.08. The van der Waals surface area contributed by atoms with Gasteiger partial charge in [-0.25, -0.2) is 4.98 Å². The minimum absolute atomic E-state index is 0.0145. The Hall–Kier alpha value is -3.16. The number of hydrogen-bond acceptors (Lipinski definition) is 5. The molecule has 0 radical (unpaired) electrons. The number of hydrogen-bond donors (Lipinski definition) is 0. The smallest absolute Gasteiger partial charge is 0.320 e. The number of rotatable bonds is 8. The third-order valence-corrected chi connectivity index (χ3v) is 4.56. The monoisotopic (exact) mass is 404 g/mol.